The van der Waals surface area contributed by atoms with E-state index in [4.69, 9.17) is 9.47 Å². The molecule has 0 radical (unpaired) electrons. The summed E-state index contributed by atoms with van der Waals surface area (Å²) in [6.45, 7) is 4.94. The molecule has 3 heteroatoms. The van der Waals surface area contributed by atoms with Gasteiger partial charge in [-0.15, -0.1) is 0 Å². The Hall–Kier alpha value is -2.81. The Balaban J connectivity index is 2.22. The van der Waals surface area contributed by atoms with E-state index in [1.165, 1.54) is 0 Å². The number of hydrogen-bond acceptors (Lipinski definition) is 3. The van der Waals surface area contributed by atoms with E-state index < -0.39 is 0 Å². The van der Waals surface area contributed by atoms with E-state index in [-0.39, 0.29) is 5.78 Å². The molecule has 122 valence electrons. The standard InChI is InChI=1S/C21H20O3/c1-3-23-17-12-10-15-11-13-19(24-4-2)20(18(15)14-17)21(22)16-8-6-5-7-9-16/h5-14H,3-4H2,1-2H3. The summed E-state index contributed by atoms with van der Waals surface area (Å²) in [6, 6.07) is 18.9. The molecule has 3 nitrogen and oxygen atoms in total. The Morgan fingerprint density at radius 2 is 1.58 bits per heavy atom. The molecule has 24 heavy (non-hydrogen) atoms. The Morgan fingerprint density at radius 1 is 0.875 bits per heavy atom. The summed E-state index contributed by atoms with van der Waals surface area (Å²) in [4.78, 5) is 13.1. The van der Waals surface area contributed by atoms with E-state index in [0.717, 1.165) is 16.5 Å². The molecule has 0 heterocycles. The van der Waals surface area contributed by atoms with E-state index in [1.54, 1.807) is 0 Å². The first-order valence-electron chi connectivity index (χ1n) is 8.16. The van der Waals surface area contributed by atoms with Crippen molar-refractivity contribution in [3.8, 4) is 11.5 Å². The predicted molar refractivity (Wildman–Crippen MR) is 96.2 cm³/mol. The van der Waals surface area contributed by atoms with E-state index in [9.17, 15) is 4.79 Å². The minimum Gasteiger partial charge on any atom is -0.494 e. The molecule has 0 aliphatic carbocycles. The number of rotatable bonds is 6. The van der Waals surface area contributed by atoms with Gasteiger partial charge in [0.1, 0.15) is 11.5 Å². The monoisotopic (exact) mass is 320 g/mol. The number of fused-ring (bicyclic) bond motifs is 1. The van der Waals surface area contributed by atoms with Crippen molar-refractivity contribution in [1.82, 2.24) is 0 Å². The Morgan fingerprint density at radius 3 is 2.29 bits per heavy atom. The van der Waals surface area contributed by atoms with E-state index in [1.807, 2.05) is 74.5 Å². The van der Waals surface area contributed by atoms with Crippen molar-refractivity contribution >= 4 is 16.6 Å². The van der Waals surface area contributed by atoms with Crippen LogP contribution in [0.5, 0.6) is 11.5 Å². The molecular weight excluding hydrogens is 300 g/mol. The number of ketones is 1. The Bertz CT molecular complexity index is 848. The summed E-state index contributed by atoms with van der Waals surface area (Å²) < 4.78 is 11.3. The smallest absolute Gasteiger partial charge is 0.197 e. The van der Waals surface area contributed by atoms with Crippen LogP contribution in [0.1, 0.15) is 29.8 Å². The highest BCUT2D eigenvalue weighted by molar-refractivity contribution is 6.18. The molecule has 0 amide bonds. The molecule has 0 saturated heterocycles. The van der Waals surface area contributed by atoms with Crippen molar-refractivity contribution in [2.75, 3.05) is 13.2 Å². The van der Waals surface area contributed by atoms with Crippen LogP contribution in [0.4, 0.5) is 0 Å². The summed E-state index contributed by atoms with van der Waals surface area (Å²) in [7, 11) is 0. The summed E-state index contributed by atoms with van der Waals surface area (Å²) in [5.41, 5.74) is 1.23. The van der Waals surface area contributed by atoms with Gasteiger partial charge >= 0.3 is 0 Å². The van der Waals surface area contributed by atoms with Gasteiger partial charge in [0.15, 0.2) is 5.78 Å². The second kappa shape index (κ2) is 7.18. The molecule has 0 N–H and O–H groups in total. The van der Waals surface area contributed by atoms with Crippen molar-refractivity contribution in [2.45, 2.75) is 13.8 Å². The second-order valence-electron chi connectivity index (χ2n) is 5.38. The van der Waals surface area contributed by atoms with Crippen molar-refractivity contribution in [1.29, 1.82) is 0 Å². The zero-order valence-electron chi connectivity index (χ0n) is 13.9. The molecule has 0 aromatic heterocycles. The first kappa shape index (κ1) is 16.1. The lowest BCUT2D eigenvalue weighted by Gasteiger charge is -2.14. The van der Waals surface area contributed by atoms with Crippen molar-refractivity contribution in [2.24, 2.45) is 0 Å². The number of benzene rings is 3. The minimum absolute atomic E-state index is 0.0432. The van der Waals surface area contributed by atoms with Gasteiger partial charge in [-0.1, -0.05) is 42.5 Å². The summed E-state index contributed by atoms with van der Waals surface area (Å²) in [5, 5.41) is 1.84. The van der Waals surface area contributed by atoms with Crippen LogP contribution in [0.25, 0.3) is 10.8 Å². The SMILES string of the molecule is CCOc1ccc2ccc(OCC)c(C(=O)c3ccccc3)c2c1. The van der Waals surface area contributed by atoms with Crippen molar-refractivity contribution in [3.05, 3.63) is 71.8 Å². The molecule has 0 bridgehead atoms. The molecule has 0 atom stereocenters. The second-order valence-corrected chi connectivity index (χ2v) is 5.38. The lowest BCUT2D eigenvalue weighted by molar-refractivity contribution is 0.103. The van der Waals surface area contributed by atoms with Crippen LogP contribution in [0.3, 0.4) is 0 Å². The average molecular weight is 320 g/mol. The van der Waals surface area contributed by atoms with Gasteiger partial charge in [0.05, 0.1) is 18.8 Å². The van der Waals surface area contributed by atoms with Crippen LogP contribution < -0.4 is 9.47 Å². The molecule has 3 aromatic rings. The third-order valence-electron chi connectivity index (χ3n) is 3.83. The molecule has 0 fully saturated rings. The lowest BCUT2D eigenvalue weighted by atomic mass is 9.96. The van der Waals surface area contributed by atoms with Crippen LogP contribution in [0, 0.1) is 0 Å². The van der Waals surface area contributed by atoms with Gasteiger partial charge in [0, 0.05) is 10.9 Å². The van der Waals surface area contributed by atoms with Gasteiger partial charge in [-0.25, -0.2) is 0 Å². The number of carbonyl (C=O) groups excluding carboxylic acids is 1. The van der Waals surface area contributed by atoms with Crippen LogP contribution in [-0.4, -0.2) is 19.0 Å². The third kappa shape index (κ3) is 3.11. The Kier molecular flexibility index (Phi) is 4.80. The number of hydrogen-bond donors (Lipinski definition) is 0. The third-order valence-corrected chi connectivity index (χ3v) is 3.83. The van der Waals surface area contributed by atoms with Crippen LogP contribution >= 0.6 is 0 Å². The zero-order valence-corrected chi connectivity index (χ0v) is 13.9. The van der Waals surface area contributed by atoms with E-state index in [0.29, 0.717) is 30.1 Å². The predicted octanol–water partition coefficient (Wildman–Crippen LogP) is 4.87. The summed E-state index contributed by atoms with van der Waals surface area (Å²) in [6.07, 6.45) is 0. The number of carbonyl (C=O) groups is 1. The van der Waals surface area contributed by atoms with Gasteiger partial charge in [0.2, 0.25) is 0 Å². The quantitative estimate of drug-likeness (QED) is 0.608. The Labute approximate surface area is 141 Å². The summed E-state index contributed by atoms with van der Waals surface area (Å²) >= 11 is 0. The highest BCUT2D eigenvalue weighted by atomic mass is 16.5. The molecule has 3 aromatic carbocycles. The molecule has 0 spiro atoms. The van der Waals surface area contributed by atoms with Gasteiger partial charge in [0.25, 0.3) is 0 Å². The molecule has 0 aliphatic rings. The highest BCUT2D eigenvalue weighted by Crippen LogP contribution is 2.32. The fourth-order valence-corrected chi connectivity index (χ4v) is 2.78. The molecule has 0 saturated carbocycles. The first-order chi connectivity index (χ1) is 11.7. The molecule has 0 unspecified atom stereocenters. The van der Waals surface area contributed by atoms with Crippen LogP contribution in [0.15, 0.2) is 60.7 Å². The van der Waals surface area contributed by atoms with Gasteiger partial charge < -0.3 is 9.47 Å². The van der Waals surface area contributed by atoms with Crippen molar-refractivity contribution in [3.63, 3.8) is 0 Å². The molecular formula is C21H20O3. The van der Waals surface area contributed by atoms with Crippen molar-refractivity contribution < 1.29 is 14.3 Å². The highest BCUT2D eigenvalue weighted by Gasteiger charge is 2.18. The normalized spacial score (nSPS) is 10.6. The molecule has 0 aliphatic heterocycles. The largest absolute Gasteiger partial charge is 0.494 e. The van der Waals surface area contributed by atoms with Gasteiger partial charge in [-0.3, -0.25) is 4.79 Å². The van der Waals surface area contributed by atoms with E-state index >= 15 is 0 Å². The maximum Gasteiger partial charge on any atom is 0.197 e. The summed E-state index contributed by atoms with van der Waals surface area (Å²) in [5.74, 6) is 1.31. The molecule has 3 rings (SSSR count). The maximum absolute atomic E-state index is 13.1. The minimum atomic E-state index is -0.0432. The average Bonchev–Trinajstić information content (AvgIpc) is 2.62. The van der Waals surface area contributed by atoms with E-state index in [2.05, 4.69) is 0 Å². The maximum atomic E-state index is 13.1. The first-order valence-corrected chi connectivity index (χ1v) is 8.16. The van der Waals surface area contributed by atoms with Gasteiger partial charge in [-0.05, 0) is 37.4 Å². The van der Waals surface area contributed by atoms with Crippen LogP contribution in [0.2, 0.25) is 0 Å². The fraction of sp³-hybridized carbons (Fsp3) is 0.190. The fourth-order valence-electron chi connectivity index (χ4n) is 2.78. The number of ether oxygens (including phenoxy) is 2. The topological polar surface area (TPSA) is 35.5 Å². The van der Waals surface area contributed by atoms with Gasteiger partial charge in [-0.2, -0.15) is 0 Å². The zero-order chi connectivity index (χ0) is 16.9. The lowest BCUT2D eigenvalue weighted by Crippen LogP contribution is -2.06. The van der Waals surface area contributed by atoms with Crippen LogP contribution in [-0.2, 0) is 0 Å².